The van der Waals surface area contributed by atoms with Gasteiger partial charge in [0.15, 0.2) is 0 Å². The van der Waals surface area contributed by atoms with E-state index < -0.39 is 0 Å². The molecule has 4 nitrogen and oxygen atoms in total. The fraction of sp³-hybridized carbons (Fsp3) is 0.909. The number of carbonyl (C=O) groups excluding carboxylic acids is 1. The van der Waals surface area contributed by atoms with Crippen molar-refractivity contribution in [3.8, 4) is 0 Å². The van der Waals surface area contributed by atoms with E-state index in [-0.39, 0.29) is 18.6 Å². The molecule has 0 spiro atoms. The van der Waals surface area contributed by atoms with Gasteiger partial charge in [0, 0.05) is 19.7 Å². The van der Waals surface area contributed by atoms with Gasteiger partial charge in [0.25, 0.3) is 0 Å². The number of carbonyl (C=O) groups is 1. The van der Waals surface area contributed by atoms with Gasteiger partial charge in [0.1, 0.15) is 0 Å². The first-order chi connectivity index (χ1) is 7.29. The molecule has 1 saturated heterocycles. The second-order valence-corrected chi connectivity index (χ2v) is 4.05. The summed E-state index contributed by atoms with van der Waals surface area (Å²) in [6.07, 6.45) is 3.69. The van der Waals surface area contributed by atoms with Crippen LogP contribution < -0.4 is 5.32 Å². The molecule has 0 radical (unpaired) electrons. The SMILES string of the molecule is CCCNC1CCN(CCCCO)C1=O. The molecule has 0 saturated carbocycles. The van der Waals surface area contributed by atoms with Gasteiger partial charge in [0.2, 0.25) is 5.91 Å². The first kappa shape index (κ1) is 12.5. The first-order valence-electron chi connectivity index (χ1n) is 5.92. The summed E-state index contributed by atoms with van der Waals surface area (Å²) in [6.45, 7) is 4.90. The van der Waals surface area contributed by atoms with E-state index >= 15 is 0 Å². The standard InChI is InChI=1S/C11H22N2O2/c1-2-6-12-10-5-8-13(11(10)15)7-3-4-9-14/h10,12,14H,2-9H2,1H3. The number of rotatable bonds is 7. The molecule has 1 unspecified atom stereocenters. The number of unbranched alkanes of at least 4 members (excludes halogenated alkanes) is 1. The van der Waals surface area contributed by atoms with E-state index in [1.807, 2.05) is 4.90 Å². The molecule has 1 rings (SSSR count). The molecule has 4 heteroatoms. The molecule has 0 aromatic carbocycles. The summed E-state index contributed by atoms with van der Waals surface area (Å²) in [4.78, 5) is 13.7. The molecule has 0 aromatic rings. The highest BCUT2D eigenvalue weighted by molar-refractivity contribution is 5.83. The predicted molar refractivity (Wildman–Crippen MR) is 59.6 cm³/mol. The lowest BCUT2D eigenvalue weighted by Gasteiger charge is -2.16. The van der Waals surface area contributed by atoms with Gasteiger partial charge in [-0.3, -0.25) is 4.79 Å². The Balaban J connectivity index is 2.22. The fourth-order valence-electron chi connectivity index (χ4n) is 1.88. The van der Waals surface area contributed by atoms with Crippen LogP contribution in [0.2, 0.25) is 0 Å². The molecule has 15 heavy (non-hydrogen) atoms. The summed E-state index contributed by atoms with van der Waals surface area (Å²) in [7, 11) is 0. The third-order valence-corrected chi connectivity index (χ3v) is 2.77. The second kappa shape index (κ2) is 6.80. The zero-order valence-corrected chi connectivity index (χ0v) is 9.54. The molecule has 2 N–H and O–H groups in total. The minimum atomic E-state index is 0.0408. The molecule has 1 amide bonds. The zero-order chi connectivity index (χ0) is 11.1. The van der Waals surface area contributed by atoms with Crippen LogP contribution >= 0.6 is 0 Å². The Hall–Kier alpha value is -0.610. The van der Waals surface area contributed by atoms with Gasteiger partial charge < -0.3 is 15.3 Å². The van der Waals surface area contributed by atoms with Crippen LogP contribution in [0.25, 0.3) is 0 Å². The third kappa shape index (κ3) is 3.80. The van der Waals surface area contributed by atoms with Crippen LogP contribution in [0.4, 0.5) is 0 Å². The number of hydrogen-bond acceptors (Lipinski definition) is 3. The summed E-state index contributed by atoms with van der Waals surface area (Å²) < 4.78 is 0. The number of amides is 1. The molecule has 0 bridgehead atoms. The molecule has 1 atom stereocenters. The Bertz CT molecular complexity index is 197. The minimum Gasteiger partial charge on any atom is -0.396 e. The molecule has 1 aliphatic heterocycles. The molecule has 0 aliphatic carbocycles. The number of aliphatic hydroxyl groups is 1. The normalized spacial score (nSPS) is 21.3. The van der Waals surface area contributed by atoms with E-state index in [0.29, 0.717) is 0 Å². The number of nitrogens with zero attached hydrogens (tertiary/aromatic N) is 1. The van der Waals surface area contributed by atoms with Crippen molar-refractivity contribution < 1.29 is 9.90 Å². The van der Waals surface area contributed by atoms with Crippen molar-refractivity contribution in [1.82, 2.24) is 10.2 Å². The highest BCUT2D eigenvalue weighted by atomic mass is 16.3. The van der Waals surface area contributed by atoms with Gasteiger partial charge in [-0.15, -0.1) is 0 Å². The van der Waals surface area contributed by atoms with E-state index in [2.05, 4.69) is 12.2 Å². The predicted octanol–water partition coefficient (Wildman–Crippen LogP) is 0.359. The highest BCUT2D eigenvalue weighted by Gasteiger charge is 2.30. The van der Waals surface area contributed by atoms with Crippen LogP contribution in [-0.4, -0.2) is 48.2 Å². The first-order valence-corrected chi connectivity index (χ1v) is 5.92. The van der Waals surface area contributed by atoms with E-state index in [4.69, 9.17) is 5.11 Å². The molecule has 1 fully saturated rings. The fourth-order valence-corrected chi connectivity index (χ4v) is 1.88. The Morgan fingerprint density at radius 3 is 3.00 bits per heavy atom. The van der Waals surface area contributed by atoms with Gasteiger partial charge >= 0.3 is 0 Å². The maximum atomic E-state index is 11.8. The van der Waals surface area contributed by atoms with Gasteiger partial charge in [-0.2, -0.15) is 0 Å². The summed E-state index contributed by atoms with van der Waals surface area (Å²) in [5.74, 6) is 0.237. The summed E-state index contributed by atoms with van der Waals surface area (Å²) in [6, 6.07) is 0.0408. The summed E-state index contributed by atoms with van der Waals surface area (Å²) in [5, 5.41) is 11.9. The molecule has 88 valence electrons. The van der Waals surface area contributed by atoms with Crippen molar-refractivity contribution in [2.75, 3.05) is 26.2 Å². The van der Waals surface area contributed by atoms with E-state index in [0.717, 1.165) is 45.3 Å². The van der Waals surface area contributed by atoms with Crippen molar-refractivity contribution >= 4 is 5.91 Å². The highest BCUT2D eigenvalue weighted by Crippen LogP contribution is 2.11. The Labute approximate surface area is 91.6 Å². The minimum absolute atomic E-state index is 0.0408. The van der Waals surface area contributed by atoms with E-state index in [1.54, 1.807) is 0 Å². The van der Waals surface area contributed by atoms with Crippen molar-refractivity contribution in [3.05, 3.63) is 0 Å². The quantitative estimate of drug-likeness (QED) is 0.602. The molecule has 1 aliphatic rings. The van der Waals surface area contributed by atoms with Crippen LogP contribution in [0.3, 0.4) is 0 Å². The molecular formula is C11H22N2O2. The summed E-state index contributed by atoms with van der Waals surface area (Å²) >= 11 is 0. The molecule has 1 heterocycles. The lowest BCUT2D eigenvalue weighted by atomic mass is 10.2. The summed E-state index contributed by atoms with van der Waals surface area (Å²) in [5.41, 5.74) is 0. The topological polar surface area (TPSA) is 52.6 Å². The lowest BCUT2D eigenvalue weighted by molar-refractivity contribution is -0.129. The smallest absolute Gasteiger partial charge is 0.239 e. The van der Waals surface area contributed by atoms with Crippen molar-refractivity contribution in [1.29, 1.82) is 0 Å². The zero-order valence-electron chi connectivity index (χ0n) is 9.54. The van der Waals surface area contributed by atoms with Crippen molar-refractivity contribution in [2.24, 2.45) is 0 Å². The largest absolute Gasteiger partial charge is 0.396 e. The van der Waals surface area contributed by atoms with Gasteiger partial charge in [0.05, 0.1) is 6.04 Å². The molecule has 0 aromatic heterocycles. The van der Waals surface area contributed by atoms with Crippen molar-refractivity contribution in [3.63, 3.8) is 0 Å². The maximum Gasteiger partial charge on any atom is 0.239 e. The average Bonchev–Trinajstić information content (AvgIpc) is 2.58. The number of likely N-dealkylation sites (tertiary alicyclic amines) is 1. The number of nitrogens with one attached hydrogen (secondary N) is 1. The Morgan fingerprint density at radius 1 is 1.53 bits per heavy atom. The second-order valence-electron chi connectivity index (χ2n) is 4.05. The van der Waals surface area contributed by atoms with Crippen LogP contribution in [0.5, 0.6) is 0 Å². The van der Waals surface area contributed by atoms with Crippen molar-refractivity contribution in [2.45, 2.75) is 38.6 Å². The number of hydrogen-bond donors (Lipinski definition) is 2. The van der Waals surface area contributed by atoms with Crippen LogP contribution in [0, 0.1) is 0 Å². The van der Waals surface area contributed by atoms with E-state index in [1.165, 1.54) is 0 Å². The van der Waals surface area contributed by atoms with E-state index in [9.17, 15) is 4.79 Å². The van der Waals surface area contributed by atoms with Crippen LogP contribution in [-0.2, 0) is 4.79 Å². The lowest BCUT2D eigenvalue weighted by Crippen LogP contribution is -2.38. The van der Waals surface area contributed by atoms with Gasteiger partial charge in [-0.25, -0.2) is 0 Å². The monoisotopic (exact) mass is 214 g/mol. The van der Waals surface area contributed by atoms with Gasteiger partial charge in [-0.05, 0) is 32.2 Å². The molecular weight excluding hydrogens is 192 g/mol. The number of aliphatic hydroxyl groups excluding tert-OH is 1. The average molecular weight is 214 g/mol. The van der Waals surface area contributed by atoms with Crippen LogP contribution in [0.15, 0.2) is 0 Å². The Kier molecular flexibility index (Phi) is 5.65. The van der Waals surface area contributed by atoms with Crippen LogP contribution in [0.1, 0.15) is 32.6 Å². The Morgan fingerprint density at radius 2 is 2.33 bits per heavy atom. The van der Waals surface area contributed by atoms with Gasteiger partial charge in [-0.1, -0.05) is 6.92 Å². The third-order valence-electron chi connectivity index (χ3n) is 2.77. The maximum absolute atomic E-state index is 11.8.